The molecular weight excluding hydrogens is 230 g/mol. The molecule has 1 aromatic heterocycles. The highest BCUT2D eigenvalue weighted by atomic mass is 16.5. The van der Waals surface area contributed by atoms with Crippen LogP contribution in [0.15, 0.2) is 24.4 Å². The van der Waals surface area contributed by atoms with E-state index in [0.717, 1.165) is 17.2 Å². The summed E-state index contributed by atoms with van der Waals surface area (Å²) in [5.41, 5.74) is 2.11. The van der Waals surface area contributed by atoms with Gasteiger partial charge in [-0.3, -0.25) is 4.79 Å². The molecule has 4 heteroatoms. The maximum atomic E-state index is 11.1. The number of H-pyrrole nitrogens is 1. The van der Waals surface area contributed by atoms with Crippen LogP contribution < -0.4 is 0 Å². The van der Waals surface area contributed by atoms with E-state index in [9.17, 15) is 9.59 Å². The fourth-order valence-electron chi connectivity index (χ4n) is 1.61. The van der Waals surface area contributed by atoms with Gasteiger partial charge >= 0.3 is 5.97 Å². The largest absolute Gasteiger partial charge is 0.456 e. The highest BCUT2D eigenvalue weighted by Crippen LogP contribution is 2.17. The van der Waals surface area contributed by atoms with E-state index >= 15 is 0 Å². The lowest BCUT2D eigenvalue weighted by Crippen LogP contribution is -1.99. The number of fused-ring (bicyclic) bond motifs is 1. The molecule has 0 aliphatic heterocycles. The third kappa shape index (κ3) is 2.41. The summed E-state index contributed by atoms with van der Waals surface area (Å²) >= 11 is 0. The molecular formula is C14H11NO3. The number of hydrogen-bond acceptors (Lipinski definition) is 3. The first kappa shape index (κ1) is 11.9. The molecule has 4 nitrogen and oxygen atoms in total. The Hall–Kier alpha value is -2.54. The third-order valence-electron chi connectivity index (χ3n) is 2.43. The summed E-state index contributed by atoms with van der Waals surface area (Å²) in [7, 11) is 0. The molecule has 2 aromatic rings. The maximum Gasteiger partial charge on any atom is 0.384 e. The predicted octanol–water partition coefficient (Wildman–Crippen LogP) is 1.90. The number of carbonyl (C=O) groups excluding carboxylic acids is 2. The summed E-state index contributed by atoms with van der Waals surface area (Å²) < 4.78 is 4.71. The van der Waals surface area contributed by atoms with Gasteiger partial charge in [-0.15, -0.1) is 0 Å². The van der Waals surface area contributed by atoms with E-state index < -0.39 is 5.97 Å². The van der Waals surface area contributed by atoms with Gasteiger partial charge in [-0.2, -0.15) is 0 Å². The Morgan fingerprint density at radius 3 is 3.06 bits per heavy atom. The molecule has 0 bridgehead atoms. The van der Waals surface area contributed by atoms with Crippen LogP contribution in [-0.4, -0.2) is 23.8 Å². The summed E-state index contributed by atoms with van der Waals surface area (Å²) in [6, 6.07) is 5.34. The Morgan fingerprint density at radius 2 is 2.33 bits per heavy atom. The summed E-state index contributed by atoms with van der Waals surface area (Å²) in [5, 5.41) is 0.840. The maximum absolute atomic E-state index is 11.1. The second kappa shape index (κ2) is 5.19. The van der Waals surface area contributed by atoms with Gasteiger partial charge < -0.3 is 9.72 Å². The van der Waals surface area contributed by atoms with Crippen molar-refractivity contribution < 1.29 is 14.3 Å². The number of hydrogen-bond donors (Lipinski definition) is 1. The Morgan fingerprint density at radius 1 is 1.50 bits per heavy atom. The molecule has 0 radical (unpaired) electrons. The fraction of sp³-hybridized carbons (Fsp3) is 0.143. The van der Waals surface area contributed by atoms with Crippen molar-refractivity contribution in [3.63, 3.8) is 0 Å². The third-order valence-corrected chi connectivity index (χ3v) is 2.43. The lowest BCUT2D eigenvalue weighted by atomic mass is 10.1. The molecule has 0 amide bonds. The van der Waals surface area contributed by atoms with Gasteiger partial charge in [0.2, 0.25) is 0 Å². The number of nitrogens with one attached hydrogen (secondary N) is 1. The zero-order valence-corrected chi connectivity index (χ0v) is 9.82. The molecule has 0 saturated carbocycles. The van der Waals surface area contributed by atoms with E-state index in [1.165, 1.54) is 0 Å². The van der Waals surface area contributed by atoms with Gasteiger partial charge in [0.05, 0.1) is 6.61 Å². The first-order valence-electron chi connectivity index (χ1n) is 5.49. The number of aromatic amines is 1. The Bertz CT molecular complexity index is 658. The minimum absolute atomic E-state index is 0.311. The van der Waals surface area contributed by atoms with Gasteiger partial charge in [0.15, 0.2) is 6.29 Å². The molecule has 0 aliphatic rings. The first-order valence-corrected chi connectivity index (χ1v) is 5.49. The van der Waals surface area contributed by atoms with Gasteiger partial charge in [-0.05, 0) is 19.1 Å². The number of aromatic nitrogens is 1. The average Bonchev–Trinajstić information content (AvgIpc) is 2.79. The molecule has 1 aromatic carbocycles. The van der Waals surface area contributed by atoms with Gasteiger partial charge in [-0.25, -0.2) is 4.79 Å². The fourth-order valence-corrected chi connectivity index (χ4v) is 1.61. The van der Waals surface area contributed by atoms with Crippen molar-refractivity contribution in [3.05, 3.63) is 35.5 Å². The minimum Gasteiger partial charge on any atom is -0.456 e. The van der Waals surface area contributed by atoms with Crippen molar-refractivity contribution in [1.29, 1.82) is 0 Å². The van der Waals surface area contributed by atoms with Gasteiger partial charge in [0, 0.05) is 34.1 Å². The lowest BCUT2D eigenvalue weighted by Gasteiger charge is -1.93. The van der Waals surface area contributed by atoms with Gasteiger partial charge in [0.25, 0.3) is 0 Å². The molecule has 18 heavy (non-hydrogen) atoms. The second-order valence-electron chi connectivity index (χ2n) is 3.59. The number of esters is 1. The predicted molar refractivity (Wildman–Crippen MR) is 67.2 cm³/mol. The first-order chi connectivity index (χ1) is 8.74. The standard InChI is InChI=1S/C14H11NO3/c1-2-18-14(17)6-4-10-3-5-12-11(9-16)8-15-13(12)7-10/h3,5,7-9,15H,2H2,1H3. The summed E-state index contributed by atoms with van der Waals surface area (Å²) in [6.45, 7) is 2.04. The molecule has 0 unspecified atom stereocenters. The molecule has 0 aliphatic carbocycles. The van der Waals surface area contributed by atoms with Crippen molar-refractivity contribution >= 4 is 23.2 Å². The normalized spacial score (nSPS) is 9.61. The SMILES string of the molecule is CCOC(=O)C#Cc1ccc2c(C=O)c[nH]c2c1. The van der Waals surface area contributed by atoms with E-state index in [0.29, 0.717) is 17.7 Å². The molecule has 0 atom stereocenters. The summed E-state index contributed by atoms with van der Waals surface area (Å²) in [4.78, 5) is 24.8. The molecule has 0 saturated heterocycles. The topological polar surface area (TPSA) is 59.2 Å². The zero-order chi connectivity index (χ0) is 13.0. The van der Waals surface area contributed by atoms with Crippen LogP contribution in [0.3, 0.4) is 0 Å². The summed E-state index contributed by atoms with van der Waals surface area (Å²) in [5.74, 6) is 4.56. The van der Waals surface area contributed by atoms with Crippen molar-refractivity contribution in [3.8, 4) is 11.8 Å². The van der Waals surface area contributed by atoms with Crippen molar-refractivity contribution in [2.24, 2.45) is 0 Å². The Balaban J connectivity index is 2.31. The molecule has 0 fully saturated rings. The van der Waals surface area contributed by atoms with E-state index in [4.69, 9.17) is 4.74 Å². The van der Waals surface area contributed by atoms with Crippen LogP contribution >= 0.6 is 0 Å². The number of ether oxygens (including phenoxy) is 1. The Kier molecular flexibility index (Phi) is 3.44. The van der Waals surface area contributed by atoms with Crippen LogP contribution in [0.2, 0.25) is 0 Å². The number of carbonyl (C=O) groups is 2. The van der Waals surface area contributed by atoms with E-state index in [2.05, 4.69) is 16.8 Å². The number of rotatable bonds is 2. The van der Waals surface area contributed by atoms with Crippen molar-refractivity contribution in [1.82, 2.24) is 4.98 Å². The van der Waals surface area contributed by atoms with Gasteiger partial charge in [-0.1, -0.05) is 12.0 Å². The highest BCUT2D eigenvalue weighted by Gasteiger charge is 2.02. The molecule has 1 heterocycles. The van der Waals surface area contributed by atoms with E-state index in [1.54, 1.807) is 31.3 Å². The van der Waals surface area contributed by atoms with Crippen LogP contribution in [0.5, 0.6) is 0 Å². The van der Waals surface area contributed by atoms with Crippen LogP contribution in [0.25, 0.3) is 10.9 Å². The second-order valence-corrected chi connectivity index (χ2v) is 3.59. The molecule has 90 valence electrons. The number of aldehydes is 1. The summed E-state index contributed by atoms with van der Waals surface area (Å²) in [6.07, 6.45) is 2.43. The van der Waals surface area contributed by atoms with E-state index in [-0.39, 0.29) is 0 Å². The van der Waals surface area contributed by atoms with Gasteiger partial charge in [0.1, 0.15) is 0 Å². The van der Waals surface area contributed by atoms with Crippen molar-refractivity contribution in [2.75, 3.05) is 6.61 Å². The number of benzene rings is 1. The van der Waals surface area contributed by atoms with Crippen LogP contribution in [0.1, 0.15) is 22.8 Å². The Labute approximate surface area is 104 Å². The molecule has 2 rings (SSSR count). The van der Waals surface area contributed by atoms with Crippen molar-refractivity contribution in [2.45, 2.75) is 6.92 Å². The minimum atomic E-state index is -0.544. The molecule has 1 N–H and O–H groups in total. The monoisotopic (exact) mass is 241 g/mol. The van der Waals surface area contributed by atoms with Crippen LogP contribution in [0.4, 0.5) is 0 Å². The molecule has 0 spiro atoms. The van der Waals surface area contributed by atoms with E-state index in [1.807, 2.05) is 0 Å². The average molecular weight is 241 g/mol. The smallest absolute Gasteiger partial charge is 0.384 e. The quantitative estimate of drug-likeness (QED) is 0.496. The lowest BCUT2D eigenvalue weighted by molar-refractivity contribution is -0.136. The highest BCUT2D eigenvalue weighted by molar-refractivity contribution is 5.97. The van der Waals surface area contributed by atoms with Crippen LogP contribution in [0, 0.1) is 11.8 Å². The van der Waals surface area contributed by atoms with Crippen LogP contribution in [-0.2, 0) is 9.53 Å². The zero-order valence-electron chi connectivity index (χ0n) is 9.82.